The zero-order chi connectivity index (χ0) is 11.1. The SMILES string of the molecule is N=C1C(=N)c2ccccc2-c2ccccc21.[Rh]. The molecule has 0 saturated heterocycles. The van der Waals surface area contributed by atoms with E-state index in [1.54, 1.807) is 0 Å². The van der Waals surface area contributed by atoms with Crippen molar-refractivity contribution < 1.29 is 19.5 Å². The van der Waals surface area contributed by atoms with Crippen LogP contribution in [0.4, 0.5) is 0 Å². The molecule has 17 heavy (non-hydrogen) atoms. The van der Waals surface area contributed by atoms with E-state index >= 15 is 0 Å². The Balaban J connectivity index is 0.00000108. The Labute approximate surface area is 112 Å². The number of fused-ring (bicyclic) bond motifs is 3. The van der Waals surface area contributed by atoms with Crippen molar-refractivity contribution in [1.29, 1.82) is 10.8 Å². The normalized spacial score (nSPS) is 12.5. The third kappa shape index (κ3) is 1.67. The molecule has 0 saturated carbocycles. The summed E-state index contributed by atoms with van der Waals surface area (Å²) in [6.45, 7) is 0. The average Bonchev–Trinajstić information content (AvgIpc) is 2.36. The second kappa shape index (κ2) is 4.35. The Hall–Kier alpha value is -1.60. The summed E-state index contributed by atoms with van der Waals surface area (Å²) in [6, 6.07) is 15.6. The first-order chi connectivity index (χ1) is 7.79. The van der Waals surface area contributed by atoms with Crippen LogP contribution in [0.5, 0.6) is 0 Å². The minimum atomic E-state index is 0. The van der Waals surface area contributed by atoms with E-state index in [0.29, 0.717) is 11.4 Å². The molecule has 0 spiro atoms. The molecule has 0 amide bonds. The topological polar surface area (TPSA) is 47.7 Å². The second-order valence-electron chi connectivity index (χ2n) is 3.84. The summed E-state index contributed by atoms with van der Waals surface area (Å²) in [5, 5.41) is 16.0. The molecule has 0 unspecified atom stereocenters. The molecule has 0 fully saturated rings. The molecule has 2 N–H and O–H groups in total. The van der Waals surface area contributed by atoms with E-state index in [0.717, 1.165) is 22.3 Å². The molecule has 1 aliphatic carbocycles. The Morgan fingerprint density at radius 1 is 0.529 bits per heavy atom. The van der Waals surface area contributed by atoms with E-state index in [2.05, 4.69) is 0 Å². The molecule has 0 atom stereocenters. The average molecular weight is 309 g/mol. The minimum absolute atomic E-state index is 0. The van der Waals surface area contributed by atoms with E-state index in [9.17, 15) is 0 Å². The van der Waals surface area contributed by atoms with Crippen LogP contribution in [0.2, 0.25) is 0 Å². The van der Waals surface area contributed by atoms with E-state index in [4.69, 9.17) is 10.8 Å². The van der Waals surface area contributed by atoms with Crippen LogP contribution < -0.4 is 0 Å². The number of hydrogen-bond donors (Lipinski definition) is 2. The van der Waals surface area contributed by atoms with Gasteiger partial charge in [0.2, 0.25) is 0 Å². The summed E-state index contributed by atoms with van der Waals surface area (Å²) in [5.74, 6) is 0. The van der Waals surface area contributed by atoms with Crippen molar-refractivity contribution in [2.45, 2.75) is 0 Å². The fourth-order valence-corrected chi connectivity index (χ4v) is 2.14. The van der Waals surface area contributed by atoms with Gasteiger partial charge < -0.3 is 0 Å². The van der Waals surface area contributed by atoms with Crippen LogP contribution >= 0.6 is 0 Å². The van der Waals surface area contributed by atoms with Gasteiger partial charge in [0.25, 0.3) is 0 Å². The van der Waals surface area contributed by atoms with E-state index in [-0.39, 0.29) is 19.5 Å². The summed E-state index contributed by atoms with van der Waals surface area (Å²) in [6.07, 6.45) is 0. The summed E-state index contributed by atoms with van der Waals surface area (Å²) < 4.78 is 0. The Morgan fingerprint density at radius 3 is 1.18 bits per heavy atom. The van der Waals surface area contributed by atoms with Gasteiger partial charge in [-0.1, -0.05) is 48.5 Å². The van der Waals surface area contributed by atoms with Gasteiger partial charge in [0, 0.05) is 30.6 Å². The first kappa shape index (κ1) is 11.9. The van der Waals surface area contributed by atoms with Gasteiger partial charge in [0.15, 0.2) is 0 Å². The molecule has 0 aromatic heterocycles. The number of rotatable bonds is 0. The van der Waals surface area contributed by atoms with E-state index < -0.39 is 0 Å². The standard InChI is InChI=1S/C14H10N2.Rh/c15-13-11-7-3-1-5-9(11)10-6-2-4-8-12(10)14(13)16;/h1-8,15-16H;. The summed E-state index contributed by atoms with van der Waals surface area (Å²) >= 11 is 0. The first-order valence-electron chi connectivity index (χ1n) is 5.15. The van der Waals surface area contributed by atoms with Gasteiger partial charge >= 0.3 is 0 Å². The van der Waals surface area contributed by atoms with Gasteiger partial charge in [0.05, 0.1) is 11.4 Å². The van der Waals surface area contributed by atoms with Gasteiger partial charge in [-0.3, -0.25) is 10.8 Å². The zero-order valence-corrected chi connectivity index (χ0v) is 10.6. The van der Waals surface area contributed by atoms with Crippen molar-refractivity contribution in [3.63, 3.8) is 0 Å². The molecular formula is C14H10N2Rh. The van der Waals surface area contributed by atoms with Crippen LogP contribution in [0.15, 0.2) is 48.5 Å². The predicted molar refractivity (Wildman–Crippen MR) is 65.5 cm³/mol. The number of hydrogen-bond acceptors (Lipinski definition) is 2. The van der Waals surface area contributed by atoms with Gasteiger partial charge in [-0.25, -0.2) is 0 Å². The largest absolute Gasteiger partial charge is 0.298 e. The van der Waals surface area contributed by atoms with Crippen LogP contribution in [0.1, 0.15) is 11.1 Å². The Kier molecular flexibility index (Phi) is 3.04. The predicted octanol–water partition coefficient (Wildman–Crippen LogP) is 3.10. The van der Waals surface area contributed by atoms with Gasteiger partial charge in [-0.05, 0) is 11.1 Å². The quantitative estimate of drug-likeness (QED) is 0.703. The fourth-order valence-electron chi connectivity index (χ4n) is 2.14. The maximum Gasteiger partial charge on any atom is 0.0874 e. The van der Waals surface area contributed by atoms with Crippen LogP contribution in [0, 0.1) is 10.8 Å². The minimum Gasteiger partial charge on any atom is -0.298 e. The van der Waals surface area contributed by atoms with Crippen LogP contribution in [0.25, 0.3) is 11.1 Å². The van der Waals surface area contributed by atoms with Crippen LogP contribution in [-0.4, -0.2) is 11.4 Å². The molecule has 2 aromatic rings. The third-order valence-corrected chi connectivity index (χ3v) is 2.93. The van der Waals surface area contributed by atoms with Crippen LogP contribution in [0.3, 0.4) is 0 Å². The van der Waals surface area contributed by atoms with Gasteiger partial charge in [-0.15, -0.1) is 0 Å². The first-order valence-corrected chi connectivity index (χ1v) is 5.15. The maximum atomic E-state index is 7.98. The van der Waals surface area contributed by atoms with Crippen molar-refractivity contribution in [3.8, 4) is 11.1 Å². The summed E-state index contributed by atoms with van der Waals surface area (Å²) in [4.78, 5) is 0. The molecule has 2 nitrogen and oxygen atoms in total. The smallest absolute Gasteiger partial charge is 0.0874 e. The molecule has 2 aromatic carbocycles. The van der Waals surface area contributed by atoms with Crippen molar-refractivity contribution in [3.05, 3.63) is 59.7 Å². The number of benzene rings is 2. The molecular weight excluding hydrogens is 299 g/mol. The molecule has 85 valence electrons. The van der Waals surface area contributed by atoms with Gasteiger partial charge in [-0.2, -0.15) is 0 Å². The molecule has 3 heteroatoms. The molecule has 0 bridgehead atoms. The monoisotopic (exact) mass is 309 g/mol. The molecule has 3 rings (SSSR count). The molecule has 1 aliphatic rings. The van der Waals surface area contributed by atoms with Crippen LogP contribution in [-0.2, 0) is 19.5 Å². The van der Waals surface area contributed by atoms with Gasteiger partial charge in [0.1, 0.15) is 0 Å². The zero-order valence-electron chi connectivity index (χ0n) is 8.95. The third-order valence-electron chi connectivity index (χ3n) is 2.93. The maximum absolute atomic E-state index is 7.98. The van der Waals surface area contributed by atoms with Crippen molar-refractivity contribution in [2.24, 2.45) is 0 Å². The van der Waals surface area contributed by atoms with E-state index in [1.165, 1.54) is 0 Å². The summed E-state index contributed by atoms with van der Waals surface area (Å²) in [5.41, 5.74) is 4.44. The molecule has 0 heterocycles. The number of nitrogens with one attached hydrogen (secondary N) is 2. The van der Waals surface area contributed by atoms with Crippen molar-refractivity contribution in [2.75, 3.05) is 0 Å². The Morgan fingerprint density at radius 2 is 0.824 bits per heavy atom. The molecule has 1 radical (unpaired) electrons. The second-order valence-corrected chi connectivity index (χ2v) is 3.84. The van der Waals surface area contributed by atoms with E-state index in [1.807, 2.05) is 48.5 Å². The fraction of sp³-hybridized carbons (Fsp3) is 0. The van der Waals surface area contributed by atoms with Crippen molar-refractivity contribution >= 4 is 11.4 Å². The van der Waals surface area contributed by atoms with Crippen molar-refractivity contribution in [1.82, 2.24) is 0 Å². The Bertz CT molecular complexity index is 562. The summed E-state index contributed by atoms with van der Waals surface area (Å²) in [7, 11) is 0. The molecule has 0 aliphatic heterocycles.